The first-order chi connectivity index (χ1) is 15.4. The van der Waals surface area contributed by atoms with Gasteiger partial charge in [0.2, 0.25) is 6.33 Å². The molecule has 1 aromatic heterocycles. The number of nitrogens with one attached hydrogen (secondary N) is 1. The van der Waals surface area contributed by atoms with Crippen LogP contribution < -0.4 is 13.6 Å². The number of aromatic nitrogens is 2. The number of aliphatic hydroxyl groups excluding tert-OH is 1. The van der Waals surface area contributed by atoms with Crippen LogP contribution in [0.5, 0.6) is 5.75 Å². The Morgan fingerprint density at radius 2 is 1.72 bits per heavy atom. The Morgan fingerprint density at radius 3 is 2.41 bits per heavy atom. The predicted molar refractivity (Wildman–Crippen MR) is 123 cm³/mol. The van der Waals surface area contributed by atoms with Crippen LogP contribution in [0.25, 0.3) is 11.0 Å². The van der Waals surface area contributed by atoms with E-state index in [-0.39, 0.29) is 18.0 Å². The highest BCUT2D eigenvalue weighted by molar-refractivity contribution is 7.92. The highest BCUT2D eigenvalue weighted by Crippen LogP contribution is 2.26. The lowest BCUT2D eigenvalue weighted by atomic mass is 10.2. The van der Waals surface area contributed by atoms with Crippen molar-refractivity contribution in [3.8, 4) is 5.75 Å². The number of sulfonamides is 1. The van der Waals surface area contributed by atoms with Crippen LogP contribution in [0, 0.1) is 6.92 Å². The second kappa shape index (κ2) is 9.02. The maximum Gasteiger partial charge on any atom is 0.264 e. The van der Waals surface area contributed by atoms with Gasteiger partial charge in [-0.25, -0.2) is 18.0 Å². The molecule has 4 aromatic rings. The van der Waals surface area contributed by atoms with Crippen molar-refractivity contribution in [2.45, 2.75) is 24.5 Å². The number of nitrogens with zero attached hydrogens (tertiary/aromatic N) is 2. The molecule has 1 unspecified atom stereocenters. The molecule has 8 heteroatoms. The predicted octanol–water partition coefficient (Wildman–Crippen LogP) is 3.03. The summed E-state index contributed by atoms with van der Waals surface area (Å²) in [6.45, 7) is 2.04. The van der Waals surface area contributed by atoms with Gasteiger partial charge in [-0.05, 0) is 55.5 Å². The first kappa shape index (κ1) is 21.9. The molecule has 0 aliphatic rings. The highest BCUT2D eigenvalue weighted by Gasteiger charge is 2.28. The van der Waals surface area contributed by atoms with Crippen LogP contribution in [-0.4, -0.2) is 38.3 Å². The van der Waals surface area contributed by atoms with Crippen LogP contribution in [0.2, 0.25) is 0 Å². The largest absolute Gasteiger partial charge is 0.497 e. The maximum absolute atomic E-state index is 13.5. The van der Waals surface area contributed by atoms with E-state index in [2.05, 4.69) is 4.98 Å². The number of anilines is 1. The fourth-order valence-electron chi connectivity index (χ4n) is 3.62. The number of benzene rings is 3. The number of fused-ring (bicyclic) bond motifs is 1. The number of aryl methyl sites for hydroxylation is 1. The summed E-state index contributed by atoms with van der Waals surface area (Å²) >= 11 is 0. The molecular weight excluding hydrogens is 426 g/mol. The number of aromatic amines is 1. The van der Waals surface area contributed by atoms with Crippen molar-refractivity contribution in [2.24, 2.45) is 0 Å². The van der Waals surface area contributed by atoms with Crippen molar-refractivity contribution < 1.29 is 22.8 Å². The van der Waals surface area contributed by atoms with Gasteiger partial charge in [-0.1, -0.05) is 29.8 Å². The van der Waals surface area contributed by atoms with Crippen molar-refractivity contribution in [3.63, 3.8) is 0 Å². The normalized spacial score (nSPS) is 12.6. The standard InChI is InChI=1S/C24H25N3O4S/c1-18-7-13-22(14-8-18)32(29,30)27(19-9-11-21(31-2)12-10-19)16-20(28)15-26-17-25-23-5-3-4-6-24(23)26/h3-14,17,20,28H,15-16H2,1-2H3/p+1. The van der Waals surface area contributed by atoms with E-state index in [1.807, 2.05) is 35.8 Å². The molecule has 0 fully saturated rings. The lowest BCUT2D eigenvalue weighted by molar-refractivity contribution is -0.678. The van der Waals surface area contributed by atoms with Gasteiger partial charge in [0, 0.05) is 0 Å². The first-order valence-corrected chi connectivity index (χ1v) is 11.7. The molecule has 7 nitrogen and oxygen atoms in total. The molecule has 0 aliphatic carbocycles. The van der Waals surface area contributed by atoms with Crippen molar-refractivity contribution in [1.29, 1.82) is 0 Å². The monoisotopic (exact) mass is 452 g/mol. The summed E-state index contributed by atoms with van der Waals surface area (Å²) in [6, 6.07) is 21.2. The smallest absolute Gasteiger partial charge is 0.264 e. The number of para-hydroxylation sites is 2. The van der Waals surface area contributed by atoms with Gasteiger partial charge in [0.1, 0.15) is 18.4 Å². The summed E-state index contributed by atoms with van der Waals surface area (Å²) in [5.74, 6) is 0.622. The summed E-state index contributed by atoms with van der Waals surface area (Å²) in [5.41, 5.74) is 3.30. The molecule has 3 aromatic carbocycles. The van der Waals surface area contributed by atoms with E-state index in [0.29, 0.717) is 11.4 Å². The number of aliphatic hydroxyl groups is 1. The minimum Gasteiger partial charge on any atom is -0.497 e. The van der Waals surface area contributed by atoms with Crippen LogP contribution in [0.15, 0.2) is 84.0 Å². The van der Waals surface area contributed by atoms with E-state index in [0.717, 1.165) is 16.6 Å². The first-order valence-electron chi connectivity index (χ1n) is 10.3. The maximum atomic E-state index is 13.5. The number of ether oxygens (including phenoxy) is 1. The third-order valence-electron chi connectivity index (χ3n) is 5.34. The molecule has 0 saturated heterocycles. The zero-order chi connectivity index (χ0) is 22.7. The van der Waals surface area contributed by atoms with Crippen LogP contribution in [0.4, 0.5) is 5.69 Å². The van der Waals surface area contributed by atoms with Gasteiger partial charge in [-0.3, -0.25) is 4.31 Å². The molecule has 166 valence electrons. The summed E-state index contributed by atoms with van der Waals surface area (Å²) in [4.78, 5) is 3.33. The average Bonchev–Trinajstić information content (AvgIpc) is 3.20. The van der Waals surface area contributed by atoms with Crippen molar-refractivity contribution in [3.05, 3.63) is 84.7 Å². The fourth-order valence-corrected chi connectivity index (χ4v) is 5.12. The molecule has 0 aliphatic heterocycles. The Kier molecular flexibility index (Phi) is 6.16. The number of hydrogen-bond acceptors (Lipinski definition) is 4. The lowest BCUT2D eigenvalue weighted by Crippen LogP contribution is -2.45. The number of imidazole rings is 1. The van der Waals surface area contributed by atoms with Gasteiger partial charge in [0.05, 0.1) is 24.2 Å². The quantitative estimate of drug-likeness (QED) is 0.403. The van der Waals surface area contributed by atoms with Gasteiger partial charge in [-0.15, -0.1) is 0 Å². The topological polar surface area (TPSA) is 86.5 Å². The molecule has 1 heterocycles. The second-order valence-electron chi connectivity index (χ2n) is 7.64. The minimum absolute atomic E-state index is 0.102. The summed E-state index contributed by atoms with van der Waals surface area (Å²) in [5, 5.41) is 10.9. The molecular formula is C24H26N3O4S+. The van der Waals surface area contributed by atoms with E-state index in [4.69, 9.17) is 4.74 Å². The molecule has 2 N–H and O–H groups in total. The van der Waals surface area contributed by atoms with E-state index >= 15 is 0 Å². The van der Waals surface area contributed by atoms with E-state index < -0.39 is 16.1 Å². The Hall–Kier alpha value is -3.36. The third-order valence-corrected chi connectivity index (χ3v) is 7.15. The third kappa shape index (κ3) is 4.46. The fraction of sp³-hybridized carbons (Fsp3) is 0.208. The van der Waals surface area contributed by atoms with Crippen LogP contribution in [-0.2, 0) is 16.6 Å². The Morgan fingerprint density at radius 1 is 1.03 bits per heavy atom. The zero-order valence-corrected chi connectivity index (χ0v) is 18.8. The molecule has 0 saturated carbocycles. The summed E-state index contributed by atoms with van der Waals surface area (Å²) in [7, 11) is -2.34. The van der Waals surface area contributed by atoms with Crippen LogP contribution in [0.1, 0.15) is 5.56 Å². The molecule has 0 spiro atoms. The second-order valence-corrected chi connectivity index (χ2v) is 9.51. The average molecular weight is 453 g/mol. The van der Waals surface area contributed by atoms with Gasteiger partial charge >= 0.3 is 0 Å². The van der Waals surface area contributed by atoms with Crippen molar-refractivity contribution in [2.75, 3.05) is 18.0 Å². The van der Waals surface area contributed by atoms with Gasteiger partial charge in [-0.2, -0.15) is 0 Å². The van der Waals surface area contributed by atoms with Gasteiger partial charge < -0.3 is 9.84 Å². The van der Waals surface area contributed by atoms with E-state index in [1.165, 1.54) is 4.31 Å². The van der Waals surface area contributed by atoms with Crippen LogP contribution >= 0.6 is 0 Å². The SMILES string of the molecule is COc1ccc(N(CC(O)C[n+]2c[nH]c3ccccc32)S(=O)(=O)c2ccc(C)cc2)cc1. The lowest BCUT2D eigenvalue weighted by Gasteiger charge is -2.26. The Bertz CT molecular complexity index is 1300. The van der Waals surface area contributed by atoms with Gasteiger partial charge in [0.15, 0.2) is 11.0 Å². The molecule has 1 atom stereocenters. The Labute approximate surface area is 187 Å². The van der Waals surface area contributed by atoms with Crippen LogP contribution in [0.3, 0.4) is 0 Å². The summed E-state index contributed by atoms with van der Waals surface area (Å²) < 4.78 is 35.4. The highest BCUT2D eigenvalue weighted by atomic mass is 32.2. The molecule has 0 amide bonds. The number of H-pyrrole nitrogens is 1. The van der Waals surface area contributed by atoms with Gasteiger partial charge in [0.25, 0.3) is 10.0 Å². The number of hydrogen-bond donors (Lipinski definition) is 2. The van der Waals surface area contributed by atoms with Crippen molar-refractivity contribution in [1.82, 2.24) is 4.98 Å². The van der Waals surface area contributed by atoms with Crippen molar-refractivity contribution >= 4 is 26.7 Å². The number of rotatable bonds is 8. The molecule has 0 bridgehead atoms. The molecule has 4 rings (SSSR count). The number of methoxy groups -OCH3 is 1. The summed E-state index contributed by atoms with van der Waals surface area (Å²) in [6.07, 6.45) is 0.835. The zero-order valence-electron chi connectivity index (χ0n) is 18.0. The molecule has 0 radical (unpaired) electrons. The Balaban J connectivity index is 1.65. The van der Waals surface area contributed by atoms with E-state index in [1.54, 1.807) is 62.0 Å². The van der Waals surface area contributed by atoms with E-state index in [9.17, 15) is 13.5 Å². The minimum atomic E-state index is -3.89. The molecule has 32 heavy (non-hydrogen) atoms.